The molecule has 0 fully saturated rings. The lowest BCUT2D eigenvalue weighted by Crippen LogP contribution is -2.50. The van der Waals surface area contributed by atoms with E-state index in [1.807, 2.05) is 13.8 Å². The Labute approximate surface area is 93.4 Å². The van der Waals surface area contributed by atoms with E-state index in [0.29, 0.717) is 17.7 Å². The molecule has 0 unspecified atom stereocenters. The van der Waals surface area contributed by atoms with Gasteiger partial charge in [-0.05, 0) is 12.8 Å². The van der Waals surface area contributed by atoms with Crippen molar-refractivity contribution in [2.75, 3.05) is 6.61 Å². The third-order valence-electron chi connectivity index (χ3n) is 2.69. The molecule has 0 atom stereocenters. The van der Waals surface area contributed by atoms with Crippen LogP contribution in [0.2, 0.25) is 0 Å². The molecule has 1 amide bonds. The molecular weight excluding hydrogens is 212 g/mol. The molecular formula is C10H16N2O2S. The number of rotatable bonds is 5. The number of amides is 1. The van der Waals surface area contributed by atoms with Gasteiger partial charge in [-0.25, -0.2) is 0 Å². The standard InChI is InChI=1S/C10H16N2O2S/c1-3-10(4-2,6-13)12-9(14)8-5-11-7-15-8/h5,7,13H,3-4,6H2,1-2H3,(H,12,14). The van der Waals surface area contributed by atoms with Gasteiger partial charge in [0.25, 0.3) is 5.91 Å². The smallest absolute Gasteiger partial charge is 0.263 e. The molecule has 0 saturated carbocycles. The number of carbonyl (C=O) groups is 1. The van der Waals surface area contributed by atoms with Crippen LogP contribution in [0.25, 0.3) is 0 Å². The summed E-state index contributed by atoms with van der Waals surface area (Å²) in [5, 5.41) is 12.2. The molecule has 2 N–H and O–H groups in total. The van der Waals surface area contributed by atoms with Gasteiger partial charge in [-0.3, -0.25) is 9.78 Å². The Hall–Kier alpha value is -0.940. The van der Waals surface area contributed by atoms with Gasteiger partial charge in [0.2, 0.25) is 0 Å². The lowest BCUT2D eigenvalue weighted by Gasteiger charge is -2.30. The largest absolute Gasteiger partial charge is 0.394 e. The lowest BCUT2D eigenvalue weighted by atomic mass is 9.94. The molecule has 0 saturated heterocycles. The van der Waals surface area contributed by atoms with Crippen LogP contribution in [0.15, 0.2) is 11.7 Å². The van der Waals surface area contributed by atoms with Crippen molar-refractivity contribution in [2.45, 2.75) is 32.2 Å². The van der Waals surface area contributed by atoms with E-state index in [2.05, 4.69) is 10.3 Å². The summed E-state index contributed by atoms with van der Waals surface area (Å²) in [6, 6.07) is 0. The Balaban J connectivity index is 2.71. The second-order valence-electron chi connectivity index (χ2n) is 3.47. The van der Waals surface area contributed by atoms with Gasteiger partial charge in [-0.2, -0.15) is 0 Å². The summed E-state index contributed by atoms with van der Waals surface area (Å²) in [5.74, 6) is -0.157. The summed E-state index contributed by atoms with van der Waals surface area (Å²) >= 11 is 1.30. The highest BCUT2D eigenvalue weighted by atomic mass is 32.1. The SMILES string of the molecule is CCC(CC)(CO)NC(=O)c1cncs1. The van der Waals surface area contributed by atoms with E-state index in [1.54, 1.807) is 5.51 Å². The molecule has 1 aromatic heterocycles. The number of nitrogens with one attached hydrogen (secondary N) is 1. The molecule has 15 heavy (non-hydrogen) atoms. The van der Waals surface area contributed by atoms with Crippen molar-refractivity contribution in [2.24, 2.45) is 0 Å². The van der Waals surface area contributed by atoms with Crippen molar-refractivity contribution in [1.82, 2.24) is 10.3 Å². The quantitative estimate of drug-likeness (QED) is 0.801. The fourth-order valence-electron chi connectivity index (χ4n) is 1.32. The molecule has 0 radical (unpaired) electrons. The van der Waals surface area contributed by atoms with Crippen LogP contribution in [-0.2, 0) is 0 Å². The van der Waals surface area contributed by atoms with Crippen molar-refractivity contribution in [3.63, 3.8) is 0 Å². The summed E-state index contributed by atoms with van der Waals surface area (Å²) in [6.07, 6.45) is 2.96. The van der Waals surface area contributed by atoms with Gasteiger partial charge < -0.3 is 10.4 Å². The zero-order valence-corrected chi connectivity index (χ0v) is 9.80. The van der Waals surface area contributed by atoms with E-state index >= 15 is 0 Å². The summed E-state index contributed by atoms with van der Waals surface area (Å²) < 4.78 is 0. The number of aliphatic hydroxyl groups excluding tert-OH is 1. The molecule has 0 aromatic carbocycles. The fraction of sp³-hybridized carbons (Fsp3) is 0.600. The minimum atomic E-state index is -0.499. The maximum atomic E-state index is 11.7. The predicted octanol–water partition coefficient (Wildman–Crippen LogP) is 1.42. The van der Waals surface area contributed by atoms with Gasteiger partial charge in [-0.15, -0.1) is 11.3 Å². The van der Waals surface area contributed by atoms with Gasteiger partial charge in [0, 0.05) is 0 Å². The summed E-state index contributed by atoms with van der Waals surface area (Å²) in [6.45, 7) is 3.86. The van der Waals surface area contributed by atoms with Gasteiger partial charge in [-0.1, -0.05) is 13.8 Å². The molecule has 1 aromatic rings. The fourth-order valence-corrected chi connectivity index (χ4v) is 1.84. The second-order valence-corrected chi connectivity index (χ2v) is 4.35. The van der Waals surface area contributed by atoms with Crippen LogP contribution in [0, 0.1) is 0 Å². The first-order chi connectivity index (χ1) is 7.17. The van der Waals surface area contributed by atoms with Crippen LogP contribution in [0.4, 0.5) is 0 Å². The van der Waals surface area contributed by atoms with E-state index in [1.165, 1.54) is 17.5 Å². The molecule has 5 heteroatoms. The molecule has 84 valence electrons. The Morgan fingerprint density at radius 2 is 2.27 bits per heavy atom. The molecule has 1 heterocycles. The van der Waals surface area contributed by atoms with Crippen molar-refractivity contribution in [1.29, 1.82) is 0 Å². The minimum Gasteiger partial charge on any atom is -0.394 e. The zero-order chi connectivity index (χ0) is 11.3. The first-order valence-electron chi connectivity index (χ1n) is 4.99. The average Bonchev–Trinajstić information content (AvgIpc) is 2.79. The first kappa shape index (κ1) is 12.1. The maximum absolute atomic E-state index is 11.7. The highest BCUT2D eigenvalue weighted by Crippen LogP contribution is 2.16. The van der Waals surface area contributed by atoms with Gasteiger partial charge in [0.1, 0.15) is 4.88 Å². The lowest BCUT2D eigenvalue weighted by molar-refractivity contribution is 0.0822. The van der Waals surface area contributed by atoms with Crippen molar-refractivity contribution in [3.8, 4) is 0 Å². The number of thiazole rings is 1. The Morgan fingerprint density at radius 1 is 1.60 bits per heavy atom. The van der Waals surface area contributed by atoms with E-state index in [4.69, 9.17) is 0 Å². The van der Waals surface area contributed by atoms with Crippen LogP contribution in [0.1, 0.15) is 36.4 Å². The Bertz CT molecular complexity index is 299. The topological polar surface area (TPSA) is 62.2 Å². The van der Waals surface area contributed by atoms with E-state index < -0.39 is 5.54 Å². The van der Waals surface area contributed by atoms with Crippen molar-refractivity contribution in [3.05, 3.63) is 16.6 Å². The number of carbonyl (C=O) groups excluding carboxylic acids is 1. The Morgan fingerprint density at radius 3 is 2.67 bits per heavy atom. The molecule has 0 aliphatic rings. The van der Waals surface area contributed by atoms with Crippen LogP contribution < -0.4 is 5.32 Å². The minimum absolute atomic E-state index is 0.0372. The molecule has 0 aliphatic heterocycles. The summed E-state index contributed by atoms with van der Waals surface area (Å²) in [5.41, 5.74) is 1.12. The van der Waals surface area contributed by atoms with Crippen molar-refractivity contribution < 1.29 is 9.90 Å². The van der Waals surface area contributed by atoms with Crippen LogP contribution >= 0.6 is 11.3 Å². The third kappa shape index (κ3) is 2.76. The highest BCUT2D eigenvalue weighted by Gasteiger charge is 2.27. The molecule has 1 rings (SSSR count). The first-order valence-corrected chi connectivity index (χ1v) is 5.87. The molecule has 0 bridgehead atoms. The van der Waals surface area contributed by atoms with E-state index in [-0.39, 0.29) is 12.5 Å². The van der Waals surface area contributed by atoms with Gasteiger partial charge >= 0.3 is 0 Å². The summed E-state index contributed by atoms with van der Waals surface area (Å²) in [4.78, 5) is 16.2. The van der Waals surface area contributed by atoms with Crippen LogP contribution in [-0.4, -0.2) is 28.1 Å². The predicted molar refractivity (Wildman–Crippen MR) is 60.0 cm³/mol. The van der Waals surface area contributed by atoms with Crippen LogP contribution in [0.5, 0.6) is 0 Å². The molecule has 4 nitrogen and oxygen atoms in total. The molecule has 0 aliphatic carbocycles. The second kappa shape index (κ2) is 5.23. The number of hydrogen-bond donors (Lipinski definition) is 2. The monoisotopic (exact) mass is 228 g/mol. The Kier molecular flexibility index (Phi) is 4.23. The van der Waals surface area contributed by atoms with Gasteiger partial charge in [0.05, 0.1) is 23.9 Å². The number of nitrogens with zero attached hydrogens (tertiary/aromatic N) is 1. The zero-order valence-electron chi connectivity index (χ0n) is 8.99. The van der Waals surface area contributed by atoms with E-state index in [0.717, 1.165) is 0 Å². The summed E-state index contributed by atoms with van der Waals surface area (Å²) in [7, 11) is 0. The number of aliphatic hydroxyl groups is 1. The van der Waals surface area contributed by atoms with Gasteiger partial charge in [0.15, 0.2) is 0 Å². The number of aromatic nitrogens is 1. The normalized spacial score (nSPS) is 11.4. The number of hydrogen-bond acceptors (Lipinski definition) is 4. The highest BCUT2D eigenvalue weighted by molar-refractivity contribution is 7.11. The average molecular weight is 228 g/mol. The van der Waals surface area contributed by atoms with Crippen LogP contribution in [0.3, 0.4) is 0 Å². The van der Waals surface area contributed by atoms with E-state index in [9.17, 15) is 9.90 Å². The van der Waals surface area contributed by atoms with Crippen molar-refractivity contribution >= 4 is 17.2 Å². The third-order valence-corrected chi connectivity index (χ3v) is 3.46. The maximum Gasteiger partial charge on any atom is 0.263 e. The molecule has 0 spiro atoms.